The monoisotopic (exact) mass is 439 g/mol. The summed E-state index contributed by atoms with van der Waals surface area (Å²) in [5, 5.41) is 22.6. The van der Waals surface area contributed by atoms with Crippen molar-refractivity contribution in [3.8, 4) is 17.2 Å². The van der Waals surface area contributed by atoms with Crippen molar-refractivity contribution in [2.45, 2.75) is 4.90 Å². The Kier molecular flexibility index (Phi) is 6.14. The number of rotatable bonds is 7. The summed E-state index contributed by atoms with van der Waals surface area (Å²) in [4.78, 5) is 20.8. The standard InChI is InChI=1S/C17H17N3O9S/c1-27-16-4-2-12(19(21)22)10-17(16)29-15-5-3-13(11-14(15)20(23)24)30(25,26)18-6-8-28-9-7-18/h2-5,10-11H,6-9H2,1H3. The zero-order chi connectivity index (χ0) is 21.9. The maximum Gasteiger partial charge on any atom is 0.312 e. The molecule has 1 aliphatic heterocycles. The topological polar surface area (TPSA) is 151 Å². The number of nitrogens with zero attached hydrogens (tertiary/aromatic N) is 3. The highest BCUT2D eigenvalue weighted by Gasteiger charge is 2.29. The van der Waals surface area contributed by atoms with Gasteiger partial charge in [0.2, 0.25) is 15.8 Å². The summed E-state index contributed by atoms with van der Waals surface area (Å²) in [6.45, 7) is 0.739. The Labute approximate surface area is 170 Å². The molecule has 2 aromatic carbocycles. The Bertz CT molecular complexity index is 1080. The molecule has 1 aliphatic rings. The van der Waals surface area contributed by atoms with Crippen molar-refractivity contribution in [3.05, 3.63) is 56.6 Å². The Hall–Kier alpha value is -3.29. The third kappa shape index (κ3) is 4.32. The summed E-state index contributed by atoms with van der Waals surface area (Å²) >= 11 is 0. The number of morpholine rings is 1. The van der Waals surface area contributed by atoms with Crippen LogP contribution >= 0.6 is 0 Å². The number of benzene rings is 2. The van der Waals surface area contributed by atoms with Gasteiger partial charge in [-0.2, -0.15) is 4.31 Å². The minimum Gasteiger partial charge on any atom is -0.493 e. The van der Waals surface area contributed by atoms with E-state index in [1.165, 1.54) is 29.6 Å². The molecule has 3 rings (SSSR count). The number of sulfonamides is 1. The summed E-state index contributed by atoms with van der Waals surface area (Å²) in [6, 6.07) is 6.74. The molecule has 1 saturated heterocycles. The number of non-ortho nitro benzene ring substituents is 1. The summed E-state index contributed by atoms with van der Waals surface area (Å²) < 4.78 is 42.4. The summed E-state index contributed by atoms with van der Waals surface area (Å²) in [6.07, 6.45) is 0. The molecule has 0 spiro atoms. The van der Waals surface area contributed by atoms with Crippen molar-refractivity contribution in [3.63, 3.8) is 0 Å². The molecule has 13 heteroatoms. The second-order valence-electron chi connectivity index (χ2n) is 6.10. The van der Waals surface area contributed by atoms with E-state index < -0.39 is 25.6 Å². The summed E-state index contributed by atoms with van der Waals surface area (Å²) in [7, 11) is -2.65. The van der Waals surface area contributed by atoms with Crippen LogP contribution in [0.5, 0.6) is 17.2 Å². The Balaban J connectivity index is 2.00. The van der Waals surface area contributed by atoms with Crippen LogP contribution in [0.1, 0.15) is 0 Å². The number of hydrogen-bond donors (Lipinski definition) is 0. The van der Waals surface area contributed by atoms with Gasteiger partial charge < -0.3 is 14.2 Å². The molecule has 0 aliphatic carbocycles. The van der Waals surface area contributed by atoms with Crippen LogP contribution in [0.2, 0.25) is 0 Å². The molecule has 30 heavy (non-hydrogen) atoms. The molecule has 0 N–H and O–H groups in total. The molecule has 1 fully saturated rings. The first-order chi connectivity index (χ1) is 14.2. The van der Waals surface area contributed by atoms with Gasteiger partial charge in [0, 0.05) is 25.2 Å². The molecular formula is C17H17N3O9S. The molecule has 0 radical (unpaired) electrons. The zero-order valence-electron chi connectivity index (χ0n) is 15.7. The fourth-order valence-electron chi connectivity index (χ4n) is 2.80. The van der Waals surface area contributed by atoms with Crippen LogP contribution in [-0.2, 0) is 14.8 Å². The quantitative estimate of drug-likeness (QED) is 0.467. The SMILES string of the molecule is COc1ccc([N+](=O)[O-])cc1Oc1ccc(S(=O)(=O)N2CCOCC2)cc1[N+](=O)[O-]. The second kappa shape index (κ2) is 8.61. The van der Waals surface area contributed by atoms with Crippen LogP contribution in [0.3, 0.4) is 0 Å². The number of nitro benzene ring substituents is 2. The van der Waals surface area contributed by atoms with Gasteiger partial charge in [0.1, 0.15) is 0 Å². The van der Waals surface area contributed by atoms with Gasteiger partial charge >= 0.3 is 5.69 Å². The van der Waals surface area contributed by atoms with Crippen molar-refractivity contribution < 1.29 is 32.5 Å². The summed E-state index contributed by atoms with van der Waals surface area (Å²) in [5.74, 6) is -0.307. The van der Waals surface area contributed by atoms with E-state index in [9.17, 15) is 28.6 Å². The molecule has 0 aromatic heterocycles. The zero-order valence-corrected chi connectivity index (χ0v) is 16.5. The maximum absolute atomic E-state index is 12.8. The van der Waals surface area contributed by atoms with Gasteiger partial charge in [-0.15, -0.1) is 0 Å². The molecule has 160 valence electrons. The lowest BCUT2D eigenvalue weighted by Gasteiger charge is -2.26. The van der Waals surface area contributed by atoms with E-state index in [1.54, 1.807) is 0 Å². The van der Waals surface area contributed by atoms with Gasteiger partial charge in [-0.05, 0) is 18.2 Å². The van der Waals surface area contributed by atoms with E-state index >= 15 is 0 Å². The highest BCUT2D eigenvalue weighted by Crippen LogP contribution is 2.39. The van der Waals surface area contributed by atoms with Gasteiger partial charge in [-0.3, -0.25) is 20.2 Å². The van der Waals surface area contributed by atoms with E-state index in [-0.39, 0.29) is 54.1 Å². The molecule has 0 bridgehead atoms. The van der Waals surface area contributed by atoms with Crippen LogP contribution < -0.4 is 9.47 Å². The molecule has 2 aromatic rings. The predicted octanol–water partition coefficient (Wildman–Crippen LogP) is 2.32. The smallest absolute Gasteiger partial charge is 0.312 e. The predicted molar refractivity (Wildman–Crippen MR) is 102 cm³/mol. The number of methoxy groups -OCH3 is 1. The lowest BCUT2D eigenvalue weighted by atomic mass is 10.2. The number of nitro groups is 2. The Morgan fingerprint density at radius 3 is 2.23 bits per heavy atom. The van der Waals surface area contributed by atoms with E-state index in [1.807, 2.05) is 0 Å². The molecular weight excluding hydrogens is 422 g/mol. The number of ether oxygens (including phenoxy) is 3. The van der Waals surface area contributed by atoms with E-state index in [4.69, 9.17) is 14.2 Å². The maximum atomic E-state index is 12.8. The van der Waals surface area contributed by atoms with E-state index in [2.05, 4.69) is 0 Å². The first-order valence-electron chi connectivity index (χ1n) is 8.60. The largest absolute Gasteiger partial charge is 0.493 e. The van der Waals surface area contributed by atoms with Crippen molar-refractivity contribution in [1.82, 2.24) is 4.31 Å². The Morgan fingerprint density at radius 2 is 1.63 bits per heavy atom. The normalized spacial score (nSPS) is 14.8. The van der Waals surface area contributed by atoms with Crippen molar-refractivity contribution in [2.75, 3.05) is 33.4 Å². The van der Waals surface area contributed by atoms with Gasteiger partial charge in [0.25, 0.3) is 5.69 Å². The Morgan fingerprint density at radius 1 is 0.967 bits per heavy atom. The third-order valence-electron chi connectivity index (χ3n) is 4.31. The average molecular weight is 439 g/mol. The molecule has 0 unspecified atom stereocenters. The number of hydrogen-bond acceptors (Lipinski definition) is 9. The molecule has 0 atom stereocenters. The van der Waals surface area contributed by atoms with E-state index in [0.29, 0.717) is 0 Å². The third-order valence-corrected chi connectivity index (χ3v) is 6.21. The van der Waals surface area contributed by atoms with Crippen LogP contribution in [0.15, 0.2) is 41.3 Å². The second-order valence-corrected chi connectivity index (χ2v) is 8.04. The van der Waals surface area contributed by atoms with Crippen LogP contribution in [0.4, 0.5) is 11.4 Å². The van der Waals surface area contributed by atoms with Crippen molar-refractivity contribution in [1.29, 1.82) is 0 Å². The first-order valence-corrected chi connectivity index (χ1v) is 10.0. The van der Waals surface area contributed by atoms with Gasteiger partial charge in [-0.25, -0.2) is 8.42 Å². The van der Waals surface area contributed by atoms with Crippen LogP contribution in [0, 0.1) is 20.2 Å². The highest BCUT2D eigenvalue weighted by molar-refractivity contribution is 7.89. The van der Waals surface area contributed by atoms with Crippen molar-refractivity contribution in [2.24, 2.45) is 0 Å². The fraction of sp³-hybridized carbons (Fsp3) is 0.294. The van der Waals surface area contributed by atoms with Crippen LogP contribution in [-0.4, -0.2) is 56.0 Å². The molecule has 0 saturated carbocycles. The van der Waals surface area contributed by atoms with Gasteiger partial charge in [-0.1, -0.05) is 0 Å². The first kappa shape index (κ1) is 21.4. The molecule has 12 nitrogen and oxygen atoms in total. The van der Waals surface area contributed by atoms with Gasteiger partial charge in [0.15, 0.2) is 11.5 Å². The van der Waals surface area contributed by atoms with E-state index in [0.717, 1.165) is 18.2 Å². The minimum absolute atomic E-state index is 0.111. The van der Waals surface area contributed by atoms with Crippen LogP contribution in [0.25, 0.3) is 0 Å². The fourth-order valence-corrected chi connectivity index (χ4v) is 4.23. The average Bonchev–Trinajstić information content (AvgIpc) is 2.74. The van der Waals surface area contributed by atoms with Gasteiger partial charge in [0.05, 0.1) is 41.1 Å². The lowest BCUT2D eigenvalue weighted by Crippen LogP contribution is -2.40. The molecule has 1 heterocycles. The minimum atomic E-state index is -3.96. The summed E-state index contributed by atoms with van der Waals surface area (Å²) in [5.41, 5.74) is -0.919. The highest BCUT2D eigenvalue weighted by atomic mass is 32.2. The lowest BCUT2D eigenvalue weighted by molar-refractivity contribution is -0.386. The molecule has 0 amide bonds. The van der Waals surface area contributed by atoms with Crippen molar-refractivity contribution >= 4 is 21.4 Å².